The molecule has 20 heavy (non-hydrogen) atoms. The normalized spacial score (nSPS) is 32.7. The highest BCUT2D eigenvalue weighted by Crippen LogP contribution is 2.55. The first-order valence-corrected chi connectivity index (χ1v) is 7.46. The van der Waals surface area contributed by atoms with Gasteiger partial charge in [0.05, 0.1) is 0 Å². The maximum absolute atomic E-state index is 12.6. The van der Waals surface area contributed by atoms with E-state index in [0.29, 0.717) is 24.0 Å². The van der Waals surface area contributed by atoms with Crippen LogP contribution in [0, 0.1) is 17.3 Å². The Kier molecular flexibility index (Phi) is 3.16. The third kappa shape index (κ3) is 1.96. The molecular weight excluding hydrogens is 244 g/mol. The number of benzene rings is 1. The van der Waals surface area contributed by atoms with Gasteiger partial charge in [-0.1, -0.05) is 55.5 Å². The van der Waals surface area contributed by atoms with E-state index in [0.717, 1.165) is 18.4 Å². The maximum atomic E-state index is 12.6. The number of hydrogen-bond donors (Lipinski definition) is 0. The summed E-state index contributed by atoms with van der Waals surface area (Å²) < 4.78 is 0. The molecule has 1 saturated carbocycles. The third-order valence-corrected chi connectivity index (χ3v) is 5.28. The number of carbonyl (C=O) groups excluding carboxylic acids is 1. The van der Waals surface area contributed by atoms with Crippen LogP contribution in [0.2, 0.25) is 0 Å². The Morgan fingerprint density at radius 1 is 1.30 bits per heavy atom. The molecule has 1 nitrogen and oxygen atoms in total. The van der Waals surface area contributed by atoms with Gasteiger partial charge in [-0.3, -0.25) is 4.79 Å². The largest absolute Gasteiger partial charge is 0.299 e. The van der Waals surface area contributed by atoms with Crippen LogP contribution in [0.1, 0.15) is 38.7 Å². The first-order valence-electron chi connectivity index (χ1n) is 7.46. The number of rotatable bonds is 2. The third-order valence-electron chi connectivity index (χ3n) is 5.28. The summed E-state index contributed by atoms with van der Waals surface area (Å²) in [5, 5.41) is 0. The monoisotopic (exact) mass is 266 g/mol. The summed E-state index contributed by atoms with van der Waals surface area (Å²) in [5.74, 6) is 1.13. The molecule has 1 heteroatoms. The standard InChI is InChI=1S/C19H22O/c1-13(2)15-11-17-16(14-7-5-4-6-8-14)9-10-19(17,3)18(20)12-15/h4-9,15,17H,1,10-12H2,2-3H3/t15-,17+,19-/m1/s1. The molecule has 1 aromatic carbocycles. The van der Waals surface area contributed by atoms with Crippen molar-refractivity contribution in [3.05, 3.63) is 54.1 Å². The van der Waals surface area contributed by atoms with E-state index in [-0.39, 0.29) is 5.41 Å². The SMILES string of the molecule is C=C(C)[C@H]1CC(=O)[C@]2(C)CC=C(c3ccccc3)[C@@H]2C1. The van der Waals surface area contributed by atoms with Crippen molar-refractivity contribution in [3.8, 4) is 0 Å². The lowest BCUT2D eigenvalue weighted by Crippen LogP contribution is -2.40. The van der Waals surface area contributed by atoms with Gasteiger partial charge in [0.1, 0.15) is 5.78 Å². The number of Topliss-reactive ketones (excluding diaryl/α,β-unsaturated/α-hetero) is 1. The maximum Gasteiger partial charge on any atom is 0.140 e. The molecule has 0 N–H and O–H groups in total. The average Bonchev–Trinajstić information content (AvgIpc) is 2.78. The molecule has 104 valence electrons. The highest BCUT2D eigenvalue weighted by molar-refractivity contribution is 5.91. The van der Waals surface area contributed by atoms with Crippen molar-refractivity contribution in [3.63, 3.8) is 0 Å². The Bertz CT molecular complexity index is 581. The van der Waals surface area contributed by atoms with E-state index in [1.54, 1.807) is 0 Å². The smallest absolute Gasteiger partial charge is 0.140 e. The molecule has 3 atom stereocenters. The quantitative estimate of drug-likeness (QED) is 0.712. The molecule has 2 aliphatic rings. The zero-order valence-corrected chi connectivity index (χ0v) is 12.4. The van der Waals surface area contributed by atoms with Crippen molar-refractivity contribution in [2.75, 3.05) is 0 Å². The summed E-state index contributed by atoms with van der Waals surface area (Å²) in [5.41, 5.74) is 3.61. The predicted molar refractivity (Wildman–Crippen MR) is 83.2 cm³/mol. The lowest BCUT2D eigenvalue weighted by atomic mass is 9.62. The Hall–Kier alpha value is -1.63. The van der Waals surface area contributed by atoms with Gasteiger partial charge in [-0.05, 0) is 42.7 Å². The number of allylic oxidation sites excluding steroid dienone is 3. The van der Waals surface area contributed by atoms with Gasteiger partial charge >= 0.3 is 0 Å². The lowest BCUT2D eigenvalue weighted by molar-refractivity contribution is -0.133. The molecule has 0 unspecified atom stereocenters. The van der Waals surface area contributed by atoms with Crippen LogP contribution in [0.4, 0.5) is 0 Å². The number of carbonyl (C=O) groups is 1. The Morgan fingerprint density at radius 3 is 2.65 bits per heavy atom. The van der Waals surface area contributed by atoms with Crippen LogP contribution in [0.5, 0.6) is 0 Å². The number of hydrogen-bond acceptors (Lipinski definition) is 1. The molecule has 0 amide bonds. The van der Waals surface area contributed by atoms with Crippen LogP contribution < -0.4 is 0 Å². The summed E-state index contributed by atoms with van der Waals surface area (Å²) >= 11 is 0. The van der Waals surface area contributed by atoms with E-state index < -0.39 is 0 Å². The van der Waals surface area contributed by atoms with Crippen LogP contribution in [0.3, 0.4) is 0 Å². The summed E-state index contributed by atoms with van der Waals surface area (Å²) in [4.78, 5) is 12.6. The fourth-order valence-electron chi connectivity index (χ4n) is 3.79. The van der Waals surface area contributed by atoms with Crippen molar-refractivity contribution < 1.29 is 4.79 Å². The zero-order valence-electron chi connectivity index (χ0n) is 12.4. The van der Waals surface area contributed by atoms with Gasteiger partial charge in [0, 0.05) is 11.8 Å². The van der Waals surface area contributed by atoms with Gasteiger partial charge in [0.2, 0.25) is 0 Å². The van der Waals surface area contributed by atoms with Gasteiger partial charge < -0.3 is 0 Å². The molecule has 1 aromatic rings. The summed E-state index contributed by atoms with van der Waals surface area (Å²) in [6.45, 7) is 8.29. The van der Waals surface area contributed by atoms with Gasteiger partial charge in [0.15, 0.2) is 0 Å². The van der Waals surface area contributed by atoms with E-state index in [4.69, 9.17) is 0 Å². The molecule has 3 rings (SSSR count). The first kappa shape index (κ1) is 13.4. The van der Waals surface area contributed by atoms with Crippen molar-refractivity contribution in [1.29, 1.82) is 0 Å². The van der Waals surface area contributed by atoms with Crippen LogP contribution in [-0.4, -0.2) is 5.78 Å². The van der Waals surface area contributed by atoms with Gasteiger partial charge in [-0.2, -0.15) is 0 Å². The predicted octanol–water partition coefficient (Wildman–Crippen LogP) is 4.65. The molecular formula is C19H22O. The van der Waals surface area contributed by atoms with Crippen LogP contribution in [-0.2, 0) is 4.79 Å². The molecule has 0 saturated heterocycles. The van der Waals surface area contributed by atoms with E-state index in [2.05, 4.69) is 50.8 Å². The molecule has 0 aromatic heterocycles. The molecule has 1 fully saturated rings. The summed E-state index contributed by atoms with van der Waals surface area (Å²) in [6, 6.07) is 10.5. The summed E-state index contributed by atoms with van der Waals surface area (Å²) in [7, 11) is 0. The molecule has 0 radical (unpaired) electrons. The van der Waals surface area contributed by atoms with Crippen molar-refractivity contribution in [2.45, 2.75) is 33.1 Å². The Balaban J connectivity index is 1.97. The van der Waals surface area contributed by atoms with Crippen LogP contribution in [0.15, 0.2) is 48.6 Å². The van der Waals surface area contributed by atoms with E-state index >= 15 is 0 Å². The molecule has 0 heterocycles. The summed E-state index contributed by atoms with van der Waals surface area (Å²) in [6.07, 6.45) is 4.93. The van der Waals surface area contributed by atoms with E-state index in [1.807, 2.05) is 6.07 Å². The minimum Gasteiger partial charge on any atom is -0.299 e. The molecule has 0 bridgehead atoms. The fourth-order valence-corrected chi connectivity index (χ4v) is 3.79. The Morgan fingerprint density at radius 2 is 2.00 bits per heavy atom. The first-order chi connectivity index (χ1) is 9.52. The topological polar surface area (TPSA) is 17.1 Å². The second kappa shape index (κ2) is 4.73. The van der Waals surface area contributed by atoms with Crippen molar-refractivity contribution in [2.24, 2.45) is 17.3 Å². The molecule has 0 aliphatic heterocycles. The van der Waals surface area contributed by atoms with Crippen LogP contribution in [0.25, 0.3) is 5.57 Å². The molecule has 0 spiro atoms. The highest BCUT2D eigenvalue weighted by atomic mass is 16.1. The van der Waals surface area contributed by atoms with Gasteiger partial charge in [-0.25, -0.2) is 0 Å². The number of fused-ring (bicyclic) bond motifs is 1. The number of ketones is 1. The highest BCUT2D eigenvalue weighted by Gasteiger charge is 2.50. The van der Waals surface area contributed by atoms with Gasteiger partial charge in [-0.15, -0.1) is 0 Å². The minimum atomic E-state index is -0.183. The molecule has 2 aliphatic carbocycles. The van der Waals surface area contributed by atoms with Crippen molar-refractivity contribution >= 4 is 11.4 Å². The fraction of sp³-hybridized carbons (Fsp3) is 0.421. The second-order valence-corrected chi connectivity index (χ2v) is 6.61. The average molecular weight is 266 g/mol. The zero-order chi connectivity index (χ0) is 14.3. The lowest BCUT2D eigenvalue weighted by Gasteiger charge is -2.40. The Labute approximate surface area is 121 Å². The van der Waals surface area contributed by atoms with Crippen LogP contribution >= 0.6 is 0 Å². The van der Waals surface area contributed by atoms with E-state index in [9.17, 15) is 4.79 Å². The van der Waals surface area contributed by atoms with Crippen molar-refractivity contribution in [1.82, 2.24) is 0 Å². The minimum absolute atomic E-state index is 0.183. The van der Waals surface area contributed by atoms with E-state index in [1.165, 1.54) is 11.1 Å². The second-order valence-electron chi connectivity index (χ2n) is 6.61. The van der Waals surface area contributed by atoms with Gasteiger partial charge in [0.25, 0.3) is 0 Å².